The summed E-state index contributed by atoms with van der Waals surface area (Å²) in [7, 11) is 0. The highest BCUT2D eigenvalue weighted by Gasteiger charge is 2.30. The number of aliphatic hydroxyl groups excluding tert-OH is 1. The Labute approximate surface area is 215 Å². The van der Waals surface area contributed by atoms with Gasteiger partial charge in [0.15, 0.2) is 11.6 Å². The number of hydrogen-bond acceptors (Lipinski definition) is 10. The molecule has 1 aliphatic rings. The lowest BCUT2D eigenvalue weighted by Crippen LogP contribution is -2.36. The third-order valence-electron chi connectivity index (χ3n) is 5.43. The molecule has 2 amide bonds. The van der Waals surface area contributed by atoms with Crippen LogP contribution in [0.1, 0.15) is 6.92 Å². The number of hydrazine groups is 1. The number of rotatable bonds is 10. The standard InChI is InChI=1S/C25H23N5O4S2/c1-15-13-21(32)30(25(15)33)29-22-18-14-20(36-24(18)28-23(27-22)19-3-2-12-35-19)16-4-6-17(7-5-16)34-11-9-26-8-10-31/h2-7,12-14,26,31H,8-11H2,1H3,(H,27,28,29). The molecule has 3 N–H and O–H groups in total. The molecule has 0 radical (unpaired) electrons. The fraction of sp³-hybridized carbons (Fsp3) is 0.200. The maximum Gasteiger partial charge on any atom is 0.275 e. The summed E-state index contributed by atoms with van der Waals surface area (Å²) < 4.78 is 5.74. The minimum Gasteiger partial charge on any atom is -0.492 e. The van der Waals surface area contributed by atoms with Crippen LogP contribution in [0.5, 0.6) is 5.75 Å². The maximum absolute atomic E-state index is 12.5. The number of hydrogen-bond donors (Lipinski definition) is 3. The Bertz CT molecular complexity index is 1430. The first-order valence-corrected chi connectivity index (χ1v) is 13.0. The topological polar surface area (TPSA) is 117 Å². The van der Waals surface area contributed by atoms with E-state index in [1.165, 1.54) is 28.7 Å². The van der Waals surface area contributed by atoms with Crippen molar-refractivity contribution < 1.29 is 19.4 Å². The Morgan fingerprint density at radius 1 is 1.08 bits per heavy atom. The number of imide groups is 1. The monoisotopic (exact) mass is 521 g/mol. The van der Waals surface area contributed by atoms with Gasteiger partial charge < -0.3 is 15.2 Å². The van der Waals surface area contributed by atoms with Crippen molar-refractivity contribution in [2.45, 2.75) is 6.92 Å². The lowest BCUT2D eigenvalue weighted by molar-refractivity contribution is -0.135. The zero-order valence-electron chi connectivity index (χ0n) is 19.4. The first-order chi connectivity index (χ1) is 17.5. The highest BCUT2D eigenvalue weighted by molar-refractivity contribution is 7.22. The van der Waals surface area contributed by atoms with Crippen molar-refractivity contribution in [2.24, 2.45) is 0 Å². The molecule has 4 aromatic rings. The predicted molar refractivity (Wildman–Crippen MR) is 141 cm³/mol. The van der Waals surface area contributed by atoms with E-state index >= 15 is 0 Å². The number of thiophene rings is 2. The summed E-state index contributed by atoms with van der Waals surface area (Å²) in [5, 5.41) is 15.5. The van der Waals surface area contributed by atoms with Crippen LogP contribution in [0, 0.1) is 0 Å². The van der Waals surface area contributed by atoms with E-state index in [-0.39, 0.29) is 6.61 Å². The lowest BCUT2D eigenvalue weighted by Gasteiger charge is -2.17. The van der Waals surface area contributed by atoms with Crippen molar-refractivity contribution in [3.05, 3.63) is 59.5 Å². The Kier molecular flexibility index (Phi) is 7.05. The normalized spacial score (nSPS) is 13.5. The average Bonchev–Trinajstić information content (AvgIpc) is 3.61. The maximum atomic E-state index is 12.5. The highest BCUT2D eigenvalue weighted by Crippen LogP contribution is 2.38. The summed E-state index contributed by atoms with van der Waals surface area (Å²) in [6.07, 6.45) is 1.30. The van der Waals surface area contributed by atoms with E-state index in [4.69, 9.17) is 14.8 Å². The molecule has 1 aliphatic heterocycles. The smallest absolute Gasteiger partial charge is 0.275 e. The van der Waals surface area contributed by atoms with E-state index < -0.39 is 11.8 Å². The van der Waals surface area contributed by atoms with Crippen molar-refractivity contribution in [1.82, 2.24) is 20.3 Å². The molecular weight excluding hydrogens is 498 g/mol. The average molecular weight is 522 g/mol. The van der Waals surface area contributed by atoms with Gasteiger partial charge in [-0.2, -0.15) is 5.01 Å². The van der Waals surface area contributed by atoms with Gasteiger partial charge in [0.2, 0.25) is 0 Å². The molecular formula is C25H23N5O4S2. The zero-order valence-corrected chi connectivity index (χ0v) is 21.0. The first kappa shape index (κ1) is 24.1. The number of carbonyl (C=O) groups is 2. The van der Waals surface area contributed by atoms with Gasteiger partial charge in [0.05, 0.1) is 16.9 Å². The number of benzene rings is 1. The molecule has 184 valence electrons. The van der Waals surface area contributed by atoms with Gasteiger partial charge in [-0.1, -0.05) is 6.07 Å². The number of nitrogens with zero attached hydrogens (tertiary/aromatic N) is 3. The molecule has 0 saturated heterocycles. The van der Waals surface area contributed by atoms with Gasteiger partial charge >= 0.3 is 0 Å². The number of aromatic nitrogens is 2. The molecule has 0 bridgehead atoms. The SMILES string of the molecule is CC1=CC(=O)N(Nc2nc(-c3cccs3)nc3sc(-c4ccc(OCCNCCO)cc4)cc23)C1=O. The molecule has 3 aromatic heterocycles. The molecule has 0 saturated carbocycles. The molecule has 5 rings (SSSR count). The Morgan fingerprint density at radius 2 is 1.92 bits per heavy atom. The number of amides is 2. The van der Waals surface area contributed by atoms with Gasteiger partial charge in [0.1, 0.15) is 17.2 Å². The van der Waals surface area contributed by atoms with Gasteiger partial charge in [0, 0.05) is 29.6 Å². The minimum absolute atomic E-state index is 0.0987. The number of aliphatic hydroxyl groups is 1. The van der Waals surface area contributed by atoms with E-state index in [9.17, 15) is 9.59 Å². The fourth-order valence-electron chi connectivity index (χ4n) is 3.63. The van der Waals surface area contributed by atoms with Crippen LogP contribution in [0.3, 0.4) is 0 Å². The predicted octanol–water partition coefficient (Wildman–Crippen LogP) is 3.69. The van der Waals surface area contributed by atoms with E-state index in [1.807, 2.05) is 47.8 Å². The van der Waals surface area contributed by atoms with E-state index in [1.54, 1.807) is 6.92 Å². The van der Waals surface area contributed by atoms with Crippen LogP contribution in [0.2, 0.25) is 0 Å². The third-order valence-corrected chi connectivity index (χ3v) is 7.37. The fourth-order valence-corrected chi connectivity index (χ4v) is 5.32. The number of anilines is 1. The molecule has 0 atom stereocenters. The summed E-state index contributed by atoms with van der Waals surface area (Å²) in [4.78, 5) is 36.8. The van der Waals surface area contributed by atoms with Gasteiger partial charge in [-0.25, -0.2) is 9.97 Å². The van der Waals surface area contributed by atoms with Crippen molar-refractivity contribution in [2.75, 3.05) is 31.7 Å². The number of fused-ring (bicyclic) bond motifs is 1. The lowest BCUT2D eigenvalue weighted by atomic mass is 10.1. The summed E-state index contributed by atoms with van der Waals surface area (Å²) in [6, 6.07) is 13.6. The molecule has 0 aliphatic carbocycles. The van der Waals surface area contributed by atoms with Crippen LogP contribution in [0.4, 0.5) is 5.82 Å². The second kappa shape index (κ2) is 10.5. The number of carbonyl (C=O) groups excluding carboxylic acids is 2. The van der Waals surface area contributed by atoms with Crippen LogP contribution in [0.25, 0.3) is 31.4 Å². The second-order valence-corrected chi connectivity index (χ2v) is 9.95. The van der Waals surface area contributed by atoms with Crippen molar-refractivity contribution >= 4 is 50.5 Å². The Morgan fingerprint density at radius 3 is 2.61 bits per heavy atom. The van der Waals surface area contributed by atoms with E-state index in [2.05, 4.69) is 15.7 Å². The van der Waals surface area contributed by atoms with Crippen molar-refractivity contribution in [3.63, 3.8) is 0 Å². The molecule has 9 nitrogen and oxygen atoms in total. The highest BCUT2D eigenvalue weighted by atomic mass is 32.1. The molecule has 0 spiro atoms. The molecule has 1 aromatic carbocycles. The molecule has 4 heterocycles. The van der Waals surface area contributed by atoms with Gasteiger partial charge in [0.25, 0.3) is 11.8 Å². The van der Waals surface area contributed by atoms with Gasteiger partial charge in [-0.3, -0.25) is 15.0 Å². The Balaban J connectivity index is 1.44. The first-order valence-electron chi connectivity index (χ1n) is 11.3. The van der Waals surface area contributed by atoms with Crippen LogP contribution in [-0.2, 0) is 9.59 Å². The Hall–Kier alpha value is -3.64. The largest absolute Gasteiger partial charge is 0.492 e. The van der Waals surface area contributed by atoms with Crippen molar-refractivity contribution in [1.29, 1.82) is 0 Å². The summed E-state index contributed by atoms with van der Waals surface area (Å²) in [6.45, 7) is 3.40. The minimum atomic E-state index is -0.431. The number of nitrogens with one attached hydrogen (secondary N) is 2. The van der Waals surface area contributed by atoms with E-state index in [0.717, 1.165) is 36.3 Å². The molecule has 11 heteroatoms. The second-order valence-electron chi connectivity index (χ2n) is 7.97. The zero-order chi connectivity index (χ0) is 25.1. The van der Waals surface area contributed by atoms with Crippen LogP contribution in [-0.4, -0.2) is 58.2 Å². The van der Waals surface area contributed by atoms with Gasteiger partial charge in [-0.05, 0) is 54.3 Å². The summed E-state index contributed by atoms with van der Waals surface area (Å²) >= 11 is 3.02. The van der Waals surface area contributed by atoms with Crippen molar-refractivity contribution in [3.8, 4) is 26.9 Å². The quantitative estimate of drug-likeness (QED) is 0.214. The third kappa shape index (κ3) is 5.00. The summed E-state index contributed by atoms with van der Waals surface area (Å²) in [5.41, 5.74) is 4.28. The van der Waals surface area contributed by atoms with E-state index in [0.29, 0.717) is 36.9 Å². The molecule has 0 unspecified atom stereocenters. The molecule has 0 fully saturated rings. The van der Waals surface area contributed by atoms with Crippen LogP contribution in [0.15, 0.2) is 59.5 Å². The van der Waals surface area contributed by atoms with Crippen LogP contribution >= 0.6 is 22.7 Å². The number of ether oxygens (including phenoxy) is 1. The van der Waals surface area contributed by atoms with Crippen LogP contribution < -0.4 is 15.5 Å². The van der Waals surface area contributed by atoms with Gasteiger partial charge in [-0.15, -0.1) is 22.7 Å². The summed E-state index contributed by atoms with van der Waals surface area (Å²) in [5.74, 6) is 0.838. The molecule has 36 heavy (non-hydrogen) atoms.